The lowest BCUT2D eigenvalue weighted by molar-refractivity contribution is -0.122. The number of hydrogen-bond acceptors (Lipinski definition) is 4. The predicted molar refractivity (Wildman–Crippen MR) is 89.9 cm³/mol. The Morgan fingerprint density at radius 3 is 2.72 bits per heavy atom. The standard InChI is InChI=1S/C17H16ClFN2O4/c18-11-6-7-15(22)14(9-11)17(24)21-20-16(23)5-2-8-25-13-4-1-3-12(19)10-13/h1,3-4,6-7,9-10,22H,2,5,8H2,(H,20,23)(H,21,24). The lowest BCUT2D eigenvalue weighted by atomic mass is 10.2. The number of benzene rings is 2. The fourth-order valence-corrected chi connectivity index (χ4v) is 2.10. The van der Waals surface area contributed by atoms with Crippen LogP contribution >= 0.6 is 11.6 Å². The van der Waals surface area contributed by atoms with Gasteiger partial charge in [-0.15, -0.1) is 0 Å². The highest BCUT2D eigenvalue weighted by molar-refractivity contribution is 6.31. The molecule has 0 saturated carbocycles. The van der Waals surface area contributed by atoms with Crippen molar-refractivity contribution >= 4 is 23.4 Å². The molecule has 2 amide bonds. The minimum atomic E-state index is -0.690. The van der Waals surface area contributed by atoms with Crippen molar-refractivity contribution in [1.29, 1.82) is 0 Å². The van der Waals surface area contributed by atoms with Gasteiger partial charge in [0.25, 0.3) is 5.91 Å². The van der Waals surface area contributed by atoms with Gasteiger partial charge in [-0.1, -0.05) is 17.7 Å². The van der Waals surface area contributed by atoms with Crippen molar-refractivity contribution in [2.75, 3.05) is 6.61 Å². The van der Waals surface area contributed by atoms with E-state index in [0.717, 1.165) is 0 Å². The van der Waals surface area contributed by atoms with Gasteiger partial charge in [-0.25, -0.2) is 4.39 Å². The number of amides is 2. The van der Waals surface area contributed by atoms with E-state index in [9.17, 15) is 19.1 Å². The number of aromatic hydroxyl groups is 1. The summed E-state index contributed by atoms with van der Waals surface area (Å²) in [5.74, 6) is -1.39. The first-order valence-electron chi connectivity index (χ1n) is 7.42. The zero-order valence-electron chi connectivity index (χ0n) is 13.1. The third kappa shape index (κ3) is 5.96. The number of carbonyl (C=O) groups is 2. The first-order chi connectivity index (χ1) is 12.0. The van der Waals surface area contributed by atoms with E-state index in [1.165, 1.54) is 36.4 Å². The second kappa shape index (κ2) is 8.89. The van der Waals surface area contributed by atoms with Crippen molar-refractivity contribution in [2.24, 2.45) is 0 Å². The monoisotopic (exact) mass is 366 g/mol. The number of hydrazine groups is 1. The van der Waals surface area contributed by atoms with Crippen molar-refractivity contribution in [1.82, 2.24) is 10.9 Å². The lowest BCUT2D eigenvalue weighted by Gasteiger charge is -2.09. The van der Waals surface area contributed by atoms with Crippen LogP contribution < -0.4 is 15.6 Å². The highest BCUT2D eigenvalue weighted by atomic mass is 35.5. The van der Waals surface area contributed by atoms with Gasteiger partial charge in [0, 0.05) is 17.5 Å². The van der Waals surface area contributed by atoms with Crippen LogP contribution in [0.15, 0.2) is 42.5 Å². The zero-order chi connectivity index (χ0) is 18.2. The van der Waals surface area contributed by atoms with Crippen LogP contribution in [0.5, 0.6) is 11.5 Å². The molecular formula is C17H16ClFN2O4. The first kappa shape index (κ1) is 18.5. The van der Waals surface area contributed by atoms with Crippen molar-refractivity contribution in [3.8, 4) is 11.5 Å². The molecule has 2 aromatic carbocycles. The first-order valence-corrected chi connectivity index (χ1v) is 7.79. The molecule has 0 unspecified atom stereocenters. The maximum Gasteiger partial charge on any atom is 0.273 e. The van der Waals surface area contributed by atoms with Crippen molar-refractivity contribution in [3.05, 3.63) is 58.9 Å². The van der Waals surface area contributed by atoms with Gasteiger partial charge in [-0.3, -0.25) is 20.4 Å². The molecule has 0 bridgehead atoms. The molecule has 25 heavy (non-hydrogen) atoms. The van der Waals surface area contributed by atoms with Crippen LogP contribution in [0.3, 0.4) is 0 Å². The van der Waals surface area contributed by atoms with Gasteiger partial charge in [0.15, 0.2) is 0 Å². The fraction of sp³-hybridized carbons (Fsp3) is 0.176. The van der Waals surface area contributed by atoms with E-state index in [-0.39, 0.29) is 29.4 Å². The molecule has 2 aromatic rings. The minimum absolute atomic E-state index is 0.0535. The van der Waals surface area contributed by atoms with E-state index in [2.05, 4.69) is 10.9 Å². The SMILES string of the molecule is O=C(CCCOc1cccc(F)c1)NNC(=O)c1cc(Cl)ccc1O. The average Bonchev–Trinajstić information content (AvgIpc) is 2.59. The number of hydrogen-bond donors (Lipinski definition) is 3. The summed E-state index contributed by atoms with van der Waals surface area (Å²) in [6, 6.07) is 9.69. The van der Waals surface area contributed by atoms with Gasteiger partial charge in [0.05, 0.1) is 12.2 Å². The van der Waals surface area contributed by atoms with Gasteiger partial charge in [-0.05, 0) is 36.8 Å². The second-order valence-electron chi connectivity index (χ2n) is 5.07. The topological polar surface area (TPSA) is 87.7 Å². The molecule has 0 atom stereocenters. The summed E-state index contributed by atoms with van der Waals surface area (Å²) in [5.41, 5.74) is 4.36. The zero-order valence-corrected chi connectivity index (χ0v) is 13.8. The molecular weight excluding hydrogens is 351 g/mol. The fourth-order valence-electron chi connectivity index (χ4n) is 1.93. The number of carbonyl (C=O) groups excluding carboxylic acids is 2. The molecule has 0 fully saturated rings. The van der Waals surface area contributed by atoms with Crippen LogP contribution in [0, 0.1) is 5.82 Å². The highest BCUT2D eigenvalue weighted by Crippen LogP contribution is 2.21. The molecule has 8 heteroatoms. The van der Waals surface area contributed by atoms with E-state index in [0.29, 0.717) is 12.2 Å². The van der Waals surface area contributed by atoms with Gasteiger partial charge in [0.2, 0.25) is 5.91 Å². The van der Waals surface area contributed by atoms with E-state index >= 15 is 0 Å². The average molecular weight is 367 g/mol. The van der Waals surface area contributed by atoms with Gasteiger partial charge in [-0.2, -0.15) is 0 Å². The van der Waals surface area contributed by atoms with Gasteiger partial charge >= 0.3 is 0 Å². The third-order valence-electron chi connectivity index (χ3n) is 3.13. The predicted octanol–water partition coefficient (Wildman–Crippen LogP) is 2.80. The Morgan fingerprint density at radius 2 is 1.96 bits per heavy atom. The summed E-state index contributed by atoms with van der Waals surface area (Å²) >= 11 is 5.75. The molecule has 0 aliphatic carbocycles. The maximum absolute atomic E-state index is 13.0. The van der Waals surface area contributed by atoms with Crippen LogP contribution in [0.25, 0.3) is 0 Å². The van der Waals surface area contributed by atoms with Gasteiger partial charge < -0.3 is 9.84 Å². The third-order valence-corrected chi connectivity index (χ3v) is 3.37. The van der Waals surface area contributed by atoms with Gasteiger partial charge in [0.1, 0.15) is 17.3 Å². The second-order valence-corrected chi connectivity index (χ2v) is 5.51. The molecule has 0 radical (unpaired) electrons. The van der Waals surface area contributed by atoms with Crippen molar-refractivity contribution < 1.29 is 23.8 Å². The molecule has 0 aliphatic heterocycles. The largest absolute Gasteiger partial charge is 0.507 e. The Bertz CT molecular complexity index is 770. The summed E-state index contributed by atoms with van der Waals surface area (Å²) < 4.78 is 18.3. The number of phenols is 1. The number of halogens is 2. The maximum atomic E-state index is 13.0. The highest BCUT2D eigenvalue weighted by Gasteiger charge is 2.12. The van der Waals surface area contributed by atoms with E-state index in [1.807, 2.05) is 0 Å². The van der Waals surface area contributed by atoms with E-state index in [1.54, 1.807) is 6.07 Å². The van der Waals surface area contributed by atoms with E-state index < -0.39 is 17.6 Å². The number of phenolic OH excluding ortho intramolecular Hbond substituents is 1. The molecule has 6 nitrogen and oxygen atoms in total. The lowest BCUT2D eigenvalue weighted by Crippen LogP contribution is -2.41. The molecule has 0 aliphatic rings. The Balaban J connectivity index is 1.70. The number of nitrogens with one attached hydrogen (secondary N) is 2. The van der Waals surface area contributed by atoms with Crippen molar-refractivity contribution in [3.63, 3.8) is 0 Å². The summed E-state index contributed by atoms with van der Waals surface area (Å²) in [6.07, 6.45) is 0.470. The Kier molecular flexibility index (Phi) is 6.59. The normalized spacial score (nSPS) is 10.2. The quantitative estimate of drug-likeness (QED) is 0.542. The van der Waals surface area contributed by atoms with Crippen LogP contribution in [0.1, 0.15) is 23.2 Å². The molecule has 0 spiro atoms. The summed E-state index contributed by atoms with van der Waals surface area (Å²) in [5, 5.41) is 9.88. The summed E-state index contributed by atoms with van der Waals surface area (Å²) in [7, 11) is 0. The number of ether oxygens (including phenoxy) is 1. The smallest absolute Gasteiger partial charge is 0.273 e. The molecule has 0 aromatic heterocycles. The molecule has 0 saturated heterocycles. The van der Waals surface area contributed by atoms with Crippen LogP contribution in [0.4, 0.5) is 4.39 Å². The van der Waals surface area contributed by atoms with Crippen LogP contribution in [0.2, 0.25) is 5.02 Å². The number of rotatable bonds is 6. The minimum Gasteiger partial charge on any atom is -0.507 e. The molecule has 132 valence electrons. The molecule has 0 heterocycles. The van der Waals surface area contributed by atoms with Crippen LogP contribution in [-0.4, -0.2) is 23.5 Å². The summed E-state index contributed by atoms with van der Waals surface area (Å²) in [4.78, 5) is 23.5. The Morgan fingerprint density at radius 1 is 1.16 bits per heavy atom. The molecule has 2 rings (SSSR count). The molecule has 3 N–H and O–H groups in total. The van der Waals surface area contributed by atoms with E-state index in [4.69, 9.17) is 16.3 Å². The van der Waals surface area contributed by atoms with Crippen LogP contribution in [-0.2, 0) is 4.79 Å². The Hall–Kier alpha value is -2.80. The Labute approximate surface area is 148 Å². The van der Waals surface area contributed by atoms with Crippen molar-refractivity contribution in [2.45, 2.75) is 12.8 Å². The summed E-state index contributed by atoms with van der Waals surface area (Å²) in [6.45, 7) is 0.222.